The van der Waals surface area contributed by atoms with Crippen molar-refractivity contribution in [2.75, 3.05) is 12.4 Å². The van der Waals surface area contributed by atoms with E-state index in [1.54, 1.807) is 55.5 Å². The van der Waals surface area contributed by atoms with E-state index in [2.05, 4.69) is 10.5 Å². The van der Waals surface area contributed by atoms with Gasteiger partial charge in [-0.15, -0.1) is 0 Å². The lowest BCUT2D eigenvalue weighted by atomic mass is 10.2. The van der Waals surface area contributed by atoms with Gasteiger partial charge in [-0.3, -0.25) is 9.32 Å². The molecule has 1 N–H and O–H groups in total. The zero-order valence-corrected chi connectivity index (χ0v) is 17.0. The summed E-state index contributed by atoms with van der Waals surface area (Å²) >= 11 is 1.17. The van der Waals surface area contributed by atoms with Crippen molar-refractivity contribution in [2.24, 2.45) is 5.10 Å². The number of amides is 1. The normalized spacial score (nSPS) is 13.3. The molecule has 0 heterocycles. The predicted molar refractivity (Wildman–Crippen MR) is 111 cm³/mol. The molecule has 2 rings (SSSR count). The summed E-state index contributed by atoms with van der Waals surface area (Å²) in [5, 5.41) is 3.97. The molecule has 0 aliphatic heterocycles. The maximum atomic E-state index is 12.9. The fourth-order valence-electron chi connectivity index (χ4n) is 2.06. The third-order valence-corrected chi connectivity index (χ3v) is 7.21. The van der Waals surface area contributed by atoms with Gasteiger partial charge in [-0.1, -0.05) is 37.3 Å². The minimum atomic E-state index is -3.32. The first-order chi connectivity index (χ1) is 13.1. The van der Waals surface area contributed by atoms with Crippen molar-refractivity contribution in [3.63, 3.8) is 0 Å². The number of nitrogens with zero attached hydrogens (tertiary/aromatic N) is 1. The molecule has 2 aromatic rings. The first-order valence-electron chi connectivity index (χ1n) is 8.64. The summed E-state index contributed by atoms with van der Waals surface area (Å²) in [5.41, 5.74) is 3.56. The number of hydrogen-bond donors (Lipinski definition) is 1. The number of rotatable bonds is 10. The lowest BCUT2D eigenvalue weighted by Crippen LogP contribution is -2.17. The minimum Gasteiger partial charge on any atom is -0.416 e. The van der Waals surface area contributed by atoms with Crippen LogP contribution in [0.5, 0.6) is 5.75 Å². The first-order valence-corrected chi connectivity index (χ1v) is 11.8. The Morgan fingerprint density at radius 2 is 1.85 bits per heavy atom. The molecule has 144 valence electrons. The van der Waals surface area contributed by atoms with Gasteiger partial charge < -0.3 is 4.52 Å². The Hall–Kier alpha value is -2.08. The lowest BCUT2D eigenvalue weighted by Gasteiger charge is -2.18. The maximum Gasteiger partial charge on any atom is 0.440 e. The van der Waals surface area contributed by atoms with E-state index in [1.807, 2.05) is 13.0 Å². The highest BCUT2D eigenvalue weighted by molar-refractivity contribution is 8.55. The molecule has 2 aromatic carbocycles. The third kappa shape index (κ3) is 6.86. The lowest BCUT2D eigenvalue weighted by molar-refractivity contribution is 0.0955. The van der Waals surface area contributed by atoms with Crippen LogP contribution in [0.4, 0.5) is 0 Å². The van der Waals surface area contributed by atoms with Crippen LogP contribution in [-0.4, -0.2) is 24.5 Å². The number of carbonyl (C=O) groups is 1. The molecule has 0 saturated heterocycles. The molecule has 0 spiro atoms. The Labute approximate surface area is 163 Å². The van der Waals surface area contributed by atoms with Crippen LogP contribution in [0, 0.1) is 0 Å². The molecule has 0 radical (unpaired) electrons. The van der Waals surface area contributed by atoms with Crippen LogP contribution in [0.1, 0.15) is 36.2 Å². The molecule has 0 aromatic heterocycles. The van der Waals surface area contributed by atoms with Crippen LogP contribution < -0.4 is 9.95 Å². The summed E-state index contributed by atoms with van der Waals surface area (Å²) in [5.74, 6) is 0.736. The number of nitrogens with one attached hydrogen (secondary N) is 1. The second kappa shape index (κ2) is 10.9. The van der Waals surface area contributed by atoms with Crippen LogP contribution in [0.2, 0.25) is 0 Å². The molecular weight excluding hydrogens is 383 g/mol. The van der Waals surface area contributed by atoms with Crippen LogP contribution >= 0.6 is 18.2 Å². The highest BCUT2D eigenvalue weighted by Crippen LogP contribution is 2.60. The van der Waals surface area contributed by atoms with Crippen LogP contribution in [0.25, 0.3) is 0 Å². The molecule has 0 aliphatic rings. The molecule has 0 fully saturated rings. The van der Waals surface area contributed by atoms with Crippen LogP contribution in [0.3, 0.4) is 0 Å². The molecule has 1 atom stereocenters. The van der Waals surface area contributed by atoms with E-state index in [9.17, 15) is 9.36 Å². The average molecular weight is 406 g/mol. The van der Waals surface area contributed by atoms with Gasteiger partial charge in [0.25, 0.3) is 5.91 Å². The number of carbonyl (C=O) groups excluding carboxylic acids is 1. The van der Waals surface area contributed by atoms with E-state index in [-0.39, 0.29) is 12.5 Å². The van der Waals surface area contributed by atoms with E-state index < -0.39 is 6.80 Å². The Kier molecular flexibility index (Phi) is 8.58. The predicted octanol–water partition coefficient (Wildman–Crippen LogP) is 5.12. The van der Waals surface area contributed by atoms with Gasteiger partial charge in [0.15, 0.2) is 0 Å². The summed E-state index contributed by atoms with van der Waals surface area (Å²) in [6.07, 6.45) is 2.32. The number of benzene rings is 2. The minimum absolute atomic E-state index is 0.289. The van der Waals surface area contributed by atoms with Crippen molar-refractivity contribution in [3.05, 3.63) is 65.7 Å². The summed E-state index contributed by atoms with van der Waals surface area (Å²) in [4.78, 5) is 12.0. The van der Waals surface area contributed by atoms with E-state index in [4.69, 9.17) is 9.05 Å². The van der Waals surface area contributed by atoms with Crippen molar-refractivity contribution < 1.29 is 18.4 Å². The van der Waals surface area contributed by atoms with E-state index in [0.717, 1.165) is 6.42 Å². The average Bonchev–Trinajstić information content (AvgIpc) is 2.68. The Bertz CT molecular complexity index is 814. The molecule has 27 heavy (non-hydrogen) atoms. The van der Waals surface area contributed by atoms with Crippen molar-refractivity contribution in [1.29, 1.82) is 0 Å². The Balaban J connectivity index is 2.10. The summed E-state index contributed by atoms with van der Waals surface area (Å²) in [6.45, 7) is 0.745. The molecule has 1 amide bonds. The van der Waals surface area contributed by atoms with E-state index in [1.165, 1.54) is 17.6 Å². The number of para-hydroxylation sites is 1. The maximum absolute atomic E-state index is 12.9. The molecule has 6 nitrogen and oxygen atoms in total. The molecule has 1 unspecified atom stereocenters. The fourth-order valence-corrected chi connectivity index (χ4v) is 5.52. The van der Waals surface area contributed by atoms with Gasteiger partial charge in [-0.25, -0.2) is 9.99 Å². The Morgan fingerprint density at radius 3 is 2.56 bits per heavy atom. The van der Waals surface area contributed by atoms with Gasteiger partial charge >= 0.3 is 6.80 Å². The van der Waals surface area contributed by atoms with Gasteiger partial charge in [-0.05, 0) is 49.0 Å². The van der Waals surface area contributed by atoms with Gasteiger partial charge in [0, 0.05) is 16.9 Å². The van der Waals surface area contributed by atoms with Crippen molar-refractivity contribution >= 4 is 30.3 Å². The van der Waals surface area contributed by atoms with Gasteiger partial charge in [0.05, 0.1) is 12.8 Å². The van der Waals surface area contributed by atoms with Crippen LogP contribution in [-0.2, 0) is 9.09 Å². The standard InChI is InChI=1S/C19H23N2O4PS/c1-3-14-27-26(23,24-4-2)25-18-13-9-8-12-17(18)15-20-21-19(22)16-10-6-5-7-11-16/h5-13,15H,3-4,14H2,1-2H3,(H,21,22). The van der Waals surface area contributed by atoms with E-state index in [0.29, 0.717) is 22.6 Å². The molecule has 0 saturated carbocycles. The van der Waals surface area contributed by atoms with Gasteiger partial charge in [-0.2, -0.15) is 5.10 Å². The summed E-state index contributed by atoms with van der Waals surface area (Å²) in [6, 6.07) is 15.8. The zero-order chi connectivity index (χ0) is 19.5. The van der Waals surface area contributed by atoms with Crippen molar-refractivity contribution in [1.82, 2.24) is 5.43 Å². The van der Waals surface area contributed by atoms with Crippen molar-refractivity contribution in [3.8, 4) is 5.75 Å². The number of hydrazone groups is 1. The smallest absolute Gasteiger partial charge is 0.416 e. The molecule has 0 aliphatic carbocycles. The number of hydrogen-bond acceptors (Lipinski definition) is 6. The van der Waals surface area contributed by atoms with Crippen LogP contribution in [0.15, 0.2) is 59.7 Å². The molecule has 0 bridgehead atoms. The SMILES string of the molecule is CCCSP(=O)(OCC)Oc1ccccc1C=NNC(=O)c1ccccc1. The third-order valence-electron chi connectivity index (χ3n) is 3.28. The zero-order valence-electron chi connectivity index (χ0n) is 15.3. The van der Waals surface area contributed by atoms with Gasteiger partial charge in [0.1, 0.15) is 5.75 Å². The largest absolute Gasteiger partial charge is 0.440 e. The molecule has 8 heteroatoms. The van der Waals surface area contributed by atoms with E-state index >= 15 is 0 Å². The van der Waals surface area contributed by atoms with Crippen molar-refractivity contribution in [2.45, 2.75) is 20.3 Å². The summed E-state index contributed by atoms with van der Waals surface area (Å²) in [7, 11) is 0. The second-order valence-corrected chi connectivity index (χ2v) is 9.51. The fraction of sp³-hybridized carbons (Fsp3) is 0.263. The highest BCUT2D eigenvalue weighted by Gasteiger charge is 2.27. The second-order valence-electron chi connectivity index (χ2n) is 5.39. The highest BCUT2D eigenvalue weighted by atomic mass is 32.7. The Morgan fingerprint density at radius 1 is 1.15 bits per heavy atom. The monoisotopic (exact) mass is 406 g/mol. The summed E-state index contributed by atoms with van der Waals surface area (Å²) < 4.78 is 23.9. The molecular formula is C19H23N2O4PS. The quantitative estimate of drug-likeness (QED) is 0.337. The first kappa shape index (κ1) is 21.2. The topological polar surface area (TPSA) is 77.0 Å². The van der Waals surface area contributed by atoms with Gasteiger partial charge in [0.2, 0.25) is 0 Å².